The molecule has 1 saturated heterocycles. The average molecular weight is 449 g/mol. The number of aryl methyl sites for hydroxylation is 2. The second-order valence-electron chi connectivity index (χ2n) is 9.63. The van der Waals surface area contributed by atoms with E-state index in [9.17, 15) is 9.90 Å². The molecule has 0 bridgehead atoms. The molecule has 0 atom stereocenters. The van der Waals surface area contributed by atoms with Crippen LogP contribution >= 0.6 is 0 Å². The monoisotopic (exact) mass is 448 g/mol. The zero-order valence-corrected chi connectivity index (χ0v) is 20.0. The largest absolute Gasteiger partial charge is 0.390 e. The number of hydrogen-bond acceptors (Lipinski definition) is 7. The van der Waals surface area contributed by atoms with Gasteiger partial charge in [0.25, 0.3) is 0 Å². The van der Waals surface area contributed by atoms with E-state index in [1.54, 1.807) is 17.1 Å². The van der Waals surface area contributed by atoms with Crippen molar-refractivity contribution in [2.24, 2.45) is 5.92 Å². The summed E-state index contributed by atoms with van der Waals surface area (Å²) in [4.78, 5) is 24.3. The molecule has 0 spiro atoms. The number of Topliss-reactive ketones (excluding diaryl/α,β-unsaturated/α-hetero) is 1. The summed E-state index contributed by atoms with van der Waals surface area (Å²) >= 11 is 0. The number of pyridine rings is 2. The number of hydrogen-bond donors (Lipinski definition) is 1. The van der Waals surface area contributed by atoms with Crippen LogP contribution in [0.3, 0.4) is 0 Å². The predicted molar refractivity (Wildman–Crippen MR) is 127 cm³/mol. The fourth-order valence-corrected chi connectivity index (χ4v) is 4.51. The second kappa shape index (κ2) is 9.02. The molecule has 8 heteroatoms. The van der Waals surface area contributed by atoms with Crippen LogP contribution in [-0.2, 0) is 6.42 Å². The van der Waals surface area contributed by atoms with Gasteiger partial charge in [-0.05, 0) is 76.1 Å². The molecular weight excluding hydrogens is 416 g/mol. The van der Waals surface area contributed by atoms with E-state index < -0.39 is 5.60 Å². The first-order valence-electron chi connectivity index (χ1n) is 11.4. The number of piperidine rings is 1. The Labute approximate surface area is 194 Å². The van der Waals surface area contributed by atoms with Crippen molar-refractivity contribution in [2.45, 2.75) is 59.5 Å². The van der Waals surface area contributed by atoms with E-state index in [2.05, 4.69) is 25.2 Å². The highest BCUT2D eigenvalue weighted by molar-refractivity contribution is 5.96. The molecular formula is C25H32N6O2. The molecule has 0 aromatic carbocycles. The quantitative estimate of drug-likeness (QED) is 0.577. The van der Waals surface area contributed by atoms with Crippen LogP contribution in [-0.4, -0.2) is 54.5 Å². The minimum absolute atomic E-state index is 0.0918. The van der Waals surface area contributed by atoms with E-state index in [-0.39, 0.29) is 12.2 Å². The summed E-state index contributed by atoms with van der Waals surface area (Å²) < 4.78 is 1.59. The van der Waals surface area contributed by atoms with Crippen LogP contribution in [0.4, 0.5) is 5.82 Å². The maximum absolute atomic E-state index is 13.0. The normalized spacial score (nSPS) is 15.2. The van der Waals surface area contributed by atoms with E-state index in [4.69, 9.17) is 0 Å². The molecule has 1 N–H and O–H groups in total. The van der Waals surface area contributed by atoms with Gasteiger partial charge in [-0.3, -0.25) is 4.79 Å². The van der Waals surface area contributed by atoms with Crippen LogP contribution < -0.4 is 4.90 Å². The Balaban J connectivity index is 1.44. The first-order valence-corrected chi connectivity index (χ1v) is 11.4. The number of aliphatic hydroxyl groups is 1. The second-order valence-corrected chi connectivity index (χ2v) is 9.63. The molecule has 0 saturated carbocycles. The van der Waals surface area contributed by atoms with Gasteiger partial charge in [0.2, 0.25) is 0 Å². The van der Waals surface area contributed by atoms with Crippen molar-refractivity contribution in [1.82, 2.24) is 25.0 Å². The van der Waals surface area contributed by atoms with Gasteiger partial charge in [0.15, 0.2) is 17.3 Å². The minimum Gasteiger partial charge on any atom is -0.390 e. The van der Waals surface area contributed by atoms with E-state index in [1.165, 1.54) is 0 Å². The van der Waals surface area contributed by atoms with Gasteiger partial charge in [-0.25, -0.2) is 9.97 Å². The SMILES string of the molecule is Cc1ccc(-n2nnc(C(=O)Cc3cnc(N4CCC(C(C)(C)O)CC4)c(C)c3)c2C)nc1. The van der Waals surface area contributed by atoms with Gasteiger partial charge in [-0.2, -0.15) is 4.68 Å². The third-order valence-electron chi connectivity index (χ3n) is 6.54. The van der Waals surface area contributed by atoms with Crippen molar-refractivity contribution < 1.29 is 9.90 Å². The molecule has 1 aliphatic heterocycles. The summed E-state index contributed by atoms with van der Waals surface area (Å²) in [6.45, 7) is 11.4. The maximum Gasteiger partial charge on any atom is 0.189 e. The molecule has 0 amide bonds. The van der Waals surface area contributed by atoms with Gasteiger partial charge >= 0.3 is 0 Å². The Morgan fingerprint density at radius 1 is 1.12 bits per heavy atom. The summed E-state index contributed by atoms with van der Waals surface area (Å²) in [7, 11) is 0. The number of carbonyl (C=O) groups excluding carboxylic acids is 1. The number of carbonyl (C=O) groups is 1. The molecule has 3 aromatic heterocycles. The summed E-state index contributed by atoms with van der Waals surface area (Å²) in [5.74, 6) is 1.80. The zero-order chi connectivity index (χ0) is 23.8. The summed E-state index contributed by atoms with van der Waals surface area (Å²) in [6, 6.07) is 5.85. The van der Waals surface area contributed by atoms with E-state index in [1.807, 2.05) is 52.8 Å². The molecule has 0 unspecified atom stereocenters. The molecule has 8 nitrogen and oxygen atoms in total. The number of ketones is 1. The lowest BCUT2D eigenvalue weighted by Gasteiger charge is -2.38. The molecule has 174 valence electrons. The highest BCUT2D eigenvalue weighted by Gasteiger charge is 2.31. The van der Waals surface area contributed by atoms with Gasteiger partial charge < -0.3 is 10.0 Å². The Kier molecular flexibility index (Phi) is 6.30. The molecule has 1 aliphatic rings. The molecule has 3 aromatic rings. The third-order valence-corrected chi connectivity index (χ3v) is 6.54. The van der Waals surface area contributed by atoms with E-state index >= 15 is 0 Å². The number of rotatable bonds is 6. The molecule has 1 fully saturated rings. The van der Waals surface area contributed by atoms with Gasteiger partial charge in [0, 0.05) is 31.9 Å². The summed E-state index contributed by atoms with van der Waals surface area (Å²) in [5, 5.41) is 18.5. The predicted octanol–water partition coefficient (Wildman–Crippen LogP) is 3.40. The van der Waals surface area contributed by atoms with Crippen LogP contribution in [0.25, 0.3) is 5.82 Å². The van der Waals surface area contributed by atoms with E-state index in [0.717, 1.165) is 48.4 Å². The van der Waals surface area contributed by atoms with Crippen molar-refractivity contribution in [3.05, 3.63) is 58.7 Å². The smallest absolute Gasteiger partial charge is 0.189 e. The Hall–Kier alpha value is -3.13. The molecule has 4 heterocycles. The standard InChI is InChI=1S/C25H32N6O2/c1-16-6-7-22(26-14-16)31-18(3)23(28-29-31)21(32)13-19-12-17(2)24(27-15-19)30-10-8-20(9-11-30)25(4,5)33/h6-7,12,14-15,20,33H,8-11,13H2,1-5H3. The number of anilines is 1. The van der Waals surface area contributed by atoms with Crippen LogP contribution in [0, 0.1) is 26.7 Å². The Morgan fingerprint density at radius 2 is 1.85 bits per heavy atom. The first-order chi connectivity index (χ1) is 15.6. The lowest BCUT2D eigenvalue weighted by atomic mass is 9.83. The lowest BCUT2D eigenvalue weighted by molar-refractivity contribution is 0.00645. The molecule has 0 radical (unpaired) electrons. The van der Waals surface area contributed by atoms with Crippen LogP contribution in [0.2, 0.25) is 0 Å². The fourth-order valence-electron chi connectivity index (χ4n) is 4.51. The molecule has 0 aliphatic carbocycles. The van der Waals surface area contributed by atoms with Crippen molar-refractivity contribution in [2.75, 3.05) is 18.0 Å². The van der Waals surface area contributed by atoms with Crippen LogP contribution in [0.15, 0.2) is 30.6 Å². The number of nitrogens with zero attached hydrogens (tertiary/aromatic N) is 6. The topological polar surface area (TPSA) is 97.0 Å². The van der Waals surface area contributed by atoms with Crippen molar-refractivity contribution in [1.29, 1.82) is 0 Å². The third kappa shape index (κ3) is 4.95. The highest BCUT2D eigenvalue weighted by Crippen LogP contribution is 2.31. The van der Waals surface area contributed by atoms with Gasteiger partial charge in [0.1, 0.15) is 5.82 Å². The average Bonchev–Trinajstić information content (AvgIpc) is 3.15. The van der Waals surface area contributed by atoms with Gasteiger partial charge in [-0.15, -0.1) is 5.10 Å². The van der Waals surface area contributed by atoms with Gasteiger partial charge in [-0.1, -0.05) is 17.3 Å². The van der Waals surface area contributed by atoms with Crippen molar-refractivity contribution >= 4 is 11.6 Å². The first kappa shape index (κ1) is 23.0. The summed E-state index contributed by atoms with van der Waals surface area (Å²) in [6.07, 6.45) is 5.64. The lowest BCUT2D eigenvalue weighted by Crippen LogP contribution is -2.42. The van der Waals surface area contributed by atoms with E-state index in [0.29, 0.717) is 23.1 Å². The highest BCUT2D eigenvalue weighted by atomic mass is 16.3. The summed E-state index contributed by atoms with van der Waals surface area (Å²) in [5.41, 5.74) is 3.34. The van der Waals surface area contributed by atoms with Crippen molar-refractivity contribution in [3.63, 3.8) is 0 Å². The maximum atomic E-state index is 13.0. The Morgan fingerprint density at radius 3 is 2.45 bits per heavy atom. The fraction of sp³-hybridized carbons (Fsp3) is 0.480. The van der Waals surface area contributed by atoms with Crippen LogP contribution in [0.1, 0.15) is 59.6 Å². The Bertz CT molecular complexity index is 1140. The zero-order valence-electron chi connectivity index (χ0n) is 20.0. The van der Waals surface area contributed by atoms with Crippen LogP contribution in [0.5, 0.6) is 0 Å². The number of aromatic nitrogens is 5. The van der Waals surface area contributed by atoms with Crippen molar-refractivity contribution in [3.8, 4) is 5.82 Å². The molecule has 33 heavy (non-hydrogen) atoms. The minimum atomic E-state index is -0.645. The molecule has 4 rings (SSSR count). The van der Waals surface area contributed by atoms with Gasteiger partial charge in [0.05, 0.1) is 11.3 Å².